The van der Waals surface area contributed by atoms with Crippen molar-refractivity contribution in [3.8, 4) is 0 Å². The molecule has 2 N–H and O–H groups in total. The van der Waals surface area contributed by atoms with Gasteiger partial charge in [0.25, 0.3) is 5.91 Å². The zero-order valence-corrected chi connectivity index (χ0v) is 15.7. The van der Waals surface area contributed by atoms with Crippen molar-refractivity contribution >= 4 is 33.4 Å². The van der Waals surface area contributed by atoms with E-state index in [1.807, 2.05) is 23.1 Å². The van der Waals surface area contributed by atoms with Crippen molar-refractivity contribution in [3.05, 3.63) is 29.3 Å². The number of aryl methyl sites for hydroxylation is 1. The third-order valence-electron chi connectivity index (χ3n) is 5.07. The van der Waals surface area contributed by atoms with E-state index in [0.29, 0.717) is 25.4 Å². The van der Waals surface area contributed by atoms with E-state index in [-0.39, 0.29) is 11.8 Å². The Morgan fingerprint density at radius 2 is 2.00 bits per heavy atom. The smallest absolute Gasteiger partial charge is 0.275 e. The van der Waals surface area contributed by atoms with E-state index in [4.69, 9.17) is 0 Å². The average molecular weight is 374 g/mol. The van der Waals surface area contributed by atoms with Crippen LogP contribution in [0.15, 0.2) is 24.3 Å². The first-order chi connectivity index (χ1) is 12.7. The zero-order chi connectivity index (χ0) is 17.9. The van der Waals surface area contributed by atoms with Crippen molar-refractivity contribution in [3.63, 3.8) is 0 Å². The quantitative estimate of drug-likeness (QED) is 0.762. The molecule has 2 heterocycles. The number of aromatic nitrogens is 1. The van der Waals surface area contributed by atoms with Gasteiger partial charge in [-0.3, -0.25) is 9.59 Å². The Morgan fingerprint density at radius 1 is 1.23 bits per heavy atom. The van der Waals surface area contributed by atoms with Crippen LogP contribution in [-0.4, -0.2) is 60.5 Å². The molecule has 2 fully saturated rings. The van der Waals surface area contributed by atoms with E-state index in [9.17, 15) is 9.59 Å². The van der Waals surface area contributed by atoms with E-state index in [1.54, 1.807) is 11.3 Å². The zero-order valence-electron chi connectivity index (χ0n) is 14.9. The SMILES string of the molecule is O=C(C[NH+]1CCN(C(=O)CCc2nc3ccccc3s2)CC1)NC1CC1. The number of carbonyl (C=O) groups is 2. The lowest BCUT2D eigenvalue weighted by Crippen LogP contribution is -3.15. The van der Waals surface area contributed by atoms with Crippen LogP contribution in [0.3, 0.4) is 0 Å². The number of nitrogens with zero attached hydrogens (tertiary/aromatic N) is 2. The average Bonchev–Trinajstić information content (AvgIpc) is 3.35. The van der Waals surface area contributed by atoms with E-state index in [1.165, 1.54) is 9.60 Å². The number of fused-ring (bicyclic) bond motifs is 1. The predicted octanol–water partition coefficient (Wildman–Crippen LogP) is 0.235. The molecule has 0 atom stereocenters. The molecule has 1 aromatic carbocycles. The Kier molecular flexibility index (Phi) is 5.17. The number of piperazine rings is 1. The highest BCUT2D eigenvalue weighted by Crippen LogP contribution is 2.22. The number of thiazole rings is 1. The van der Waals surface area contributed by atoms with Crippen molar-refractivity contribution in [2.45, 2.75) is 31.7 Å². The van der Waals surface area contributed by atoms with Crippen molar-refractivity contribution in [1.82, 2.24) is 15.2 Å². The third-order valence-corrected chi connectivity index (χ3v) is 6.16. The van der Waals surface area contributed by atoms with Gasteiger partial charge in [-0.15, -0.1) is 11.3 Å². The van der Waals surface area contributed by atoms with E-state index in [0.717, 1.165) is 49.5 Å². The largest absolute Gasteiger partial charge is 0.348 e. The molecule has 0 spiro atoms. The molecule has 0 radical (unpaired) electrons. The summed E-state index contributed by atoms with van der Waals surface area (Å²) in [4.78, 5) is 32.2. The molecule has 0 unspecified atom stereocenters. The number of para-hydroxylation sites is 1. The molecule has 138 valence electrons. The molecule has 0 bridgehead atoms. The van der Waals surface area contributed by atoms with Gasteiger partial charge in [-0.2, -0.15) is 0 Å². The van der Waals surface area contributed by atoms with Crippen molar-refractivity contribution in [2.75, 3.05) is 32.7 Å². The normalized spacial score (nSPS) is 18.2. The van der Waals surface area contributed by atoms with Crippen molar-refractivity contribution in [2.24, 2.45) is 0 Å². The first kappa shape index (κ1) is 17.4. The number of benzene rings is 1. The maximum Gasteiger partial charge on any atom is 0.275 e. The second-order valence-electron chi connectivity index (χ2n) is 7.22. The summed E-state index contributed by atoms with van der Waals surface area (Å²) in [6.07, 6.45) is 3.46. The van der Waals surface area contributed by atoms with Crippen LogP contribution in [0.4, 0.5) is 0 Å². The van der Waals surface area contributed by atoms with Gasteiger partial charge in [0.1, 0.15) is 0 Å². The molecule has 7 heteroatoms. The standard InChI is InChI=1S/C19H24N4O2S/c24-17(20-14-5-6-14)13-22-9-11-23(12-10-22)19(25)8-7-18-21-15-3-1-2-4-16(15)26-18/h1-4,14H,5-13H2,(H,20,24)/p+1. The molecule has 1 saturated heterocycles. The van der Waals surface area contributed by atoms with E-state index in [2.05, 4.69) is 16.4 Å². The molecule has 2 aromatic rings. The number of carbonyl (C=O) groups excluding carboxylic acids is 2. The minimum atomic E-state index is 0.151. The van der Waals surface area contributed by atoms with E-state index < -0.39 is 0 Å². The second-order valence-corrected chi connectivity index (χ2v) is 8.34. The monoisotopic (exact) mass is 373 g/mol. The number of hydrogen-bond acceptors (Lipinski definition) is 4. The van der Waals surface area contributed by atoms with Crippen molar-refractivity contribution in [1.29, 1.82) is 0 Å². The fraction of sp³-hybridized carbons (Fsp3) is 0.526. The molecule has 26 heavy (non-hydrogen) atoms. The maximum atomic E-state index is 12.5. The summed E-state index contributed by atoms with van der Waals surface area (Å²) >= 11 is 1.67. The lowest BCUT2D eigenvalue weighted by molar-refractivity contribution is -0.896. The number of rotatable bonds is 6. The highest BCUT2D eigenvalue weighted by Gasteiger charge is 2.28. The summed E-state index contributed by atoms with van der Waals surface area (Å²) < 4.78 is 1.18. The molecular weight excluding hydrogens is 348 g/mol. The van der Waals surface area contributed by atoms with Crippen LogP contribution in [0.5, 0.6) is 0 Å². The Balaban J connectivity index is 1.21. The molecule has 1 aromatic heterocycles. The minimum Gasteiger partial charge on any atom is -0.348 e. The third kappa shape index (κ3) is 4.40. The van der Waals surface area contributed by atoms with Crippen LogP contribution >= 0.6 is 11.3 Å². The van der Waals surface area contributed by atoms with Crippen LogP contribution < -0.4 is 10.2 Å². The maximum absolute atomic E-state index is 12.5. The minimum absolute atomic E-state index is 0.151. The number of hydrogen-bond donors (Lipinski definition) is 2. The van der Waals surface area contributed by atoms with Crippen LogP contribution in [0.2, 0.25) is 0 Å². The van der Waals surface area contributed by atoms with Gasteiger partial charge < -0.3 is 15.1 Å². The Hall–Kier alpha value is -1.99. The molecule has 4 rings (SSSR count). The van der Waals surface area contributed by atoms with Gasteiger partial charge in [0, 0.05) is 18.9 Å². The van der Waals surface area contributed by atoms with Gasteiger partial charge in [-0.05, 0) is 25.0 Å². The summed E-state index contributed by atoms with van der Waals surface area (Å²) in [6.45, 7) is 3.72. The molecule has 2 aliphatic rings. The van der Waals surface area contributed by atoms with Gasteiger partial charge in [0.15, 0.2) is 6.54 Å². The Bertz CT molecular complexity index is 761. The molecular formula is C19H25N4O2S+. The molecule has 1 aliphatic carbocycles. The second kappa shape index (κ2) is 7.72. The summed E-state index contributed by atoms with van der Waals surface area (Å²) in [6, 6.07) is 8.51. The van der Waals surface area contributed by atoms with Crippen LogP contribution in [0.1, 0.15) is 24.3 Å². The van der Waals surface area contributed by atoms with Gasteiger partial charge in [-0.25, -0.2) is 4.98 Å². The van der Waals surface area contributed by atoms with Crippen molar-refractivity contribution < 1.29 is 14.5 Å². The van der Waals surface area contributed by atoms with Crippen LogP contribution in [-0.2, 0) is 16.0 Å². The summed E-state index contributed by atoms with van der Waals surface area (Å²) in [5.41, 5.74) is 1.02. The fourth-order valence-corrected chi connectivity index (χ4v) is 4.35. The topological polar surface area (TPSA) is 66.7 Å². The van der Waals surface area contributed by atoms with Gasteiger partial charge in [0.2, 0.25) is 5.91 Å². The summed E-state index contributed by atoms with van der Waals surface area (Å²) in [5, 5.41) is 4.07. The lowest BCUT2D eigenvalue weighted by Gasteiger charge is -2.32. The van der Waals surface area contributed by atoms with Gasteiger partial charge in [0.05, 0.1) is 41.4 Å². The van der Waals surface area contributed by atoms with Crippen LogP contribution in [0, 0.1) is 0 Å². The Labute approximate surface area is 157 Å². The first-order valence-electron chi connectivity index (χ1n) is 9.42. The molecule has 6 nitrogen and oxygen atoms in total. The highest BCUT2D eigenvalue weighted by molar-refractivity contribution is 7.18. The molecule has 2 amide bonds. The Morgan fingerprint density at radius 3 is 2.73 bits per heavy atom. The summed E-state index contributed by atoms with van der Waals surface area (Å²) in [5.74, 6) is 0.351. The lowest BCUT2D eigenvalue weighted by atomic mass is 10.2. The van der Waals surface area contributed by atoms with Gasteiger partial charge >= 0.3 is 0 Å². The highest BCUT2D eigenvalue weighted by atomic mass is 32.1. The number of quaternary nitrogens is 1. The summed E-state index contributed by atoms with van der Waals surface area (Å²) in [7, 11) is 0. The fourth-order valence-electron chi connectivity index (χ4n) is 3.38. The van der Waals surface area contributed by atoms with Gasteiger partial charge in [-0.1, -0.05) is 12.1 Å². The molecule has 1 saturated carbocycles. The van der Waals surface area contributed by atoms with E-state index >= 15 is 0 Å². The molecule has 1 aliphatic heterocycles. The number of amides is 2. The number of nitrogens with one attached hydrogen (secondary N) is 2. The van der Waals surface area contributed by atoms with Crippen LogP contribution in [0.25, 0.3) is 10.2 Å². The first-order valence-corrected chi connectivity index (χ1v) is 10.2. The predicted molar refractivity (Wildman–Crippen MR) is 101 cm³/mol.